The maximum absolute atomic E-state index is 4.33. The number of likely N-dealkylation sites (N-methyl/N-ethyl adjacent to an activating group) is 1. The minimum Gasteiger partial charge on any atom is -0.354 e. The predicted octanol–water partition coefficient (Wildman–Crippen LogP) is 1.97. The monoisotopic (exact) mass is 234 g/mol. The smallest absolute Gasteiger partial charge is 0.203 e. The van der Waals surface area contributed by atoms with Gasteiger partial charge >= 0.3 is 0 Å². The van der Waals surface area contributed by atoms with Gasteiger partial charge in [-0.15, -0.1) is 6.58 Å². The van der Waals surface area contributed by atoms with E-state index >= 15 is 0 Å². The Kier molecular flexibility index (Phi) is 4.20. The maximum atomic E-state index is 4.33. The van der Waals surface area contributed by atoms with Crippen LogP contribution in [0.1, 0.15) is 19.3 Å². The van der Waals surface area contributed by atoms with Crippen LogP contribution in [-0.2, 0) is 6.54 Å². The maximum Gasteiger partial charge on any atom is 0.203 e. The number of nitrogens with zero attached hydrogens (tertiary/aromatic N) is 3. The Morgan fingerprint density at radius 2 is 2.47 bits per heavy atom. The van der Waals surface area contributed by atoms with Crippen LogP contribution in [0.25, 0.3) is 0 Å². The molecule has 1 aliphatic rings. The average molecular weight is 234 g/mol. The van der Waals surface area contributed by atoms with Gasteiger partial charge in [-0.2, -0.15) is 0 Å². The van der Waals surface area contributed by atoms with E-state index in [4.69, 9.17) is 0 Å². The van der Waals surface area contributed by atoms with E-state index in [-0.39, 0.29) is 0 Å². The van der Waals surface area contributed by atoms with Gasteiger partial charge in [-0.25, -0.2) is 4.98 Å². The SMILES string of the molecule is C=CCn1ccnc1NCC1CCCCN1C. The lowest BCUT2D eigenvalue weighted by Crippen LogP contribution is -2.41. The van der Waals surface area contributed by atoms with E-state index in [2.05, 4.69) is 33.4 Å². The lowest BCUT2D eigenvalue weighted by molar-refractivity contribution is 0.194. The normalized spacial score (nSPS) is 21.4. The molecule has 0 aromatic carbocycles. The first kappa shape index (κ1) is 12.2. The van der Waals surface area contributed by atoms with Crippen molar-refractivity contribution < 1.29 is 0 Å². The highest BCUT2D eigenvalue weighted by molar-refractivity contribution is 5.26. The zero-order valence-electron chi connectivity index (χ0n) is 10.6. The van der Waals surface area contributed by atoms with Gasteiger partial charge in [0.05, 0.1) is 0 Å². The van der Waals surface area contributed by atoms with Crippen molar-refractivity contribution in [2.45, 2.75) is 31.8 Å². The molecule has 1 atom stereocenters. The van der Waals surface area contributed by atoms with Crippen molar-refractivity contribution in [3.8, 4) is 0 Å². The Balaban J connectivity index is 1.88. The highest BCUT2D eigenvalue weighted by atomic mass is 15.2. The third-order valence-corrected chi connectivity index (χ3v) is 3.46. The molecule has 1 fully saturated rings. The van der Waals surface area contributed by atoms with Gasteiger partial charge in [0, 0.05) is 31.5 Å². The minimum atomic E-state index is 0.637. The average Bonchev–Trinajstić information content (AvgIpc) is 2.76. The molecular weight excluding hydrogens is 212 g/mol. The van der Waals surface area contributed by atoms with Crippen molar-refractivity contribution in [1.82, 2.24) is 14.5 Å². The minimum absolute atomic E-state index is 0.637. The summed E-state index contributed by atoms with van der Waals surface area (Å²) in [5.41, 5.74) is 0. The number of likely N-dealkylation sites (tertiary alicyclic amines) is 1. The number of allylic oxidation sites excluding steroid dienone is 1. The molecule has 94 valence electrons. The van der Waals surface area contributed by atoms with Crippen molar-refractivity contribution in [3.63, 3.8) is 0 Å². The van der Waals surface area contributed by atoms with Crippen molar-refractivity contribution in [2.75, 3.05) is 25.5 Å². The summed E-state index contributed by atoms with van der Waals surface area (Å²) in [5.74, 6) is 0.948. The highest BCUT2D eigenvalue weighted by Crippen LogP contribution is 2.15. The van der Waals surface area contributed by atoms with Gasteiger partial charge in [-0.1, -0.05) is 12.5 Å². The summed E-state index contributed by atoms with van der Waals surface area (Å²) >= 11 is 0. The molecule has 0 amide bonds. The number of piperidine rings is 1. The standard InChI is InChI=1S/C13H22N4/c1-3-8-17-10-7-14-13(17)15-11-12-6-4-5-9-16(12)2/h3,7,10,12H,1,4-6,8-9,11H2,2H3,(H,14,15). The first-order chi connectivity index (χ1) is 8.31. The molecule has 4 heteroatoms. The molecule has 1 unspecified atom stereocenters. The van der Waals surface area contributed by atoms with Crippen LogP contribution >= 0.6 is 0 Å². The van der Waals surface area contributed by atoms with Gasteiger partial charge in [-0.3, -0.25) is 0 Å². The van der Waals surface area contributed by atoms with Crippen molar-refractivity contribution >= 4 is 5.95 Å². The molecular formula is C13H22N4. The number of imidazole rings is 1. The predicted molar refractivity (Wildman–Crippen MR) is 71.2 cm³/mol. The summed E-state index contributed by atoms with van der Waals surface area (Å²) in [4.78, 5) is 6.77. The largest absolute Gasteiger partial charge is 0.354 e. The molecule has 0 bridgehead atoms. The zero-order chi connectivity index (χ0) is 12.1. The number of aromatic nitrogens is 2. The van der Waals surface area contributed by atoms with Crippen LogP contribution < -0.4 is 5.32 Å². The van der Waals surface area contributed by atoms with Crippen LogP contribution in [0.2, 0.25) is 0 Å². The number of hydrogen-bond donors (Lipinski definition) is 1. The Morgan fingerprint density at radius 1 is 1.59 bits per heavy atom. The van der Waals surface area contributed by atoms with Crippen LogP contribution in [0.5, 0.6) is 0 Å². The summed E-state index contributed by atoms with van der Waals surface area (Å²) < 4.78 is 2.08. The second-order valence-electron chi connectivity index (χ2n) is 4.70. The zero-order valence-corrected chi connectivity index (χ0v) is 10.6. The first-order valence-electron chi connectivity index (χ1n) is 6.37. The number of anilines is 1. The lowest BCUT2D eigenvalue weighted by Gasteiger charge is -2.32. The molecule has 2 rings (SSSR count). The van der Waals surface area contributed by atoms with Crippen LogP contribution in [-0.4, -0.2) is 40.6 Å². The number of hydrogen-bond acceptors (Lipinski definition) is 3. The summed E-state index contributed by atoms with van der Waals surface area (Å²) in [6, 6.07) is 0.637. The lowest BCUT2D eigenvalue weighted by atomic mass is 10.0. The van der Waals surface area contributed by atoms with E-state index in [0.29, 0.717) is 6.04 Å². The van der Waals surface area contributed by atoms with Gasteiger partial charge < -0.3 is 14.8 Å². The summed E-state index contributed by atoms with van der Waals surface area (Å²) in [6.45, 7) is 6.76. The molecule has 1 aromatic heterocycles. The van der Waals surface area contributed by atoms with Gasteiger partial charge in [0.2, 0.25) is 5.95 Å². The molecule has 1 N–H and O–H groups in total. The first-order valence-corrected chi connectivity index (χ1v) is 6.37. The second kappa shape index (κ2) is 5.87. The molecule has 0 saturated carbocycles. The molecule has 0 radical (unpaired) electrons. The van der Waals surface area contributed by atoms with E-state index in [9.17, 15) is 0 Å². The Hall–Kier alpha value is -1.29. The van der Waals surface area contributed by atoms with Crippen LogP contribution in [0.4, 0.5) is 5.95 Å². The van der Waals surface area contributed by atoms with Crippen molar-refractivity contribution in [3.05, 3.63) is 25.0 Å². The molecule has 4 nitrogen and oxygen atoms in total. The quantitative estimate of drug-likeness (QED) is 0.791. The van der Waals surface area contributed by atoms with Gasteiger partial charge in [-0.05, 0) is 26.4 Å². The fourth-order valence-electron chi connectivity index (χ4n) is 2.37. The Morgan fingerprint density at radius 3 is 3.24 bits per heavy atom. The van der Waals surface area contributed by atoms with Crippen LogP contribution in [0.15, 0.2) is 25.0 Å². The third-order valence-electron chi connectivity index (χ3n) is 3.46. The fourth-order valence-corrected chi connectivity index (χ4v) is 2.37. The highest BCUT2D eigenvalue weighted by Gasteiger charge is 2.18. The Bertz CT molecular complexity index is 358. The summed E-state index contributed by atoms with van der Waals surface area (Å²) in [6.07, 6.45) is 9.66. The van der Waals surface area contributed by atoms with Gasteiger partial charge in [0.1, 0.15) is 0 Å². The van der Waals surface area contributed by atoms with E-state index in [1.54, 1.807) is 0 Å². The van der Waals surface area contributed by atoms with Gasteiger partial charge in [0.15, 0.2) is 0 Å². The molecule has 1 saturated heterocycles. The van der Waals surface area contributed by atoms with Crippen LogP contribution in [0, 0.1) is 0 Å². The molecule has 1 aliphatic heterocycles. The van der Waals surface area contributed by atoms with E-state index in [0.717, 1.165) is 19.0 Å². The number of nitrogens with one attached hydrogen (secondary N) is 1. The third kappa shape index (κ3) is 3.09. The molecule has 0 spiro atoms. The summed E-state index contributed by atoms with van der Waals surface area (Å²) in [5, 5.41) is 3.44. The second-order valence-corrected chi connectivity index (χ2v) is 4.70. The van der Waals surface area contributed by atoms with Crippen LogP contribution in [0.3, 0.4) is 0 Å². The Labute approximate surface area is 103 Å². The summed E-state index contributed by atoms with van der Waals surface area (Å²) in [7, 11) is 2.21. The van der Waals surface area contributed by atoms with E-state index < -0.39 is 0 Å². The number of rotatable bonds is 5. The molecule has 17 heavy (non-hydrogen) atoms. The molecule has 0 aliphatic carbocycles. The van der Waals surface area contributed by atoms with E-state index in [1.807, 2.05) is 18.5 Å². The van der Waals surface area contributed by atoms with Gasteiger partial charge in [0.25, 0.3) is 0 Å². The molecule has 1 aromatic rings. The fraction of sp³-hybridized carbons (Fsp3) is 0.615. The van der Waals surface area contributed by atoms with Crippen molar-refractivity contribution in [1.29, 1.82) is 0 Å². The topological polar surface area (TPSA) is 33.1 Å². The van der Waals surface area contributed by atoms with E-state index in [1.165, 1.54) is 25.8 Å². The van der Waals surface area contributed by atoms with Crippen molar-refractivity contribution in [2.24, 2.45) is 0 Å². The molecule has 2 heterocycles.